The molecule has 288 valence electrons. The second-order valence-corrected chi connectivity index (χ2v) is 15.1. The van der Waals surface area contributed by atoms with Gasteiger partial charge >= 0.3 is 25.0 Å². The van der Waals surface area contributed by atoms with Crippen molar-refractivity contribution >= 4 is 24.7 Å². The summed E-state index contributed by atoms with van der Waals surface area (Å²) in [6.45, 7) is 18.2. The van der Waals surface area contributed by atoms with Gasteiger partial charge in [0.1, 0.15) is 0 Å². The van der Waals surface area contributed by atoms with Crippen LogP contribution in [0.1, 0.15) is 97.7 Å². The maximum Gasteiger partial charge on any atom is 2.00 e. The number of nitriles is 1. The molecule has 1 atom stereocenters. The van der Waals surface area contributed by atoms with Crippen LogP contribution in [0.15, 0.2) is 97.1 Å². The van der Waals surface area contributed by atoms with Crippen LogP contribution >= 0.6 is 9.24 Å². The van der Waals surface area contributed by atoms with Crippen LogP contribution in [0.25, 0.3) is 11.3 Å². The van der Waals surface area contributed by atoms with Gasteiger partial charge in [0, 0.05) is 34.7 Å². The summed E-state index contributed by atoms with van der Waals surface area (Å²) < 4.78 is 58.9. The maximum atomic E-state index is 10.7. The van der Waals surface area contributed by atoms with Gasteiger partial charge in [-0.1, -0.05) is 146 Å². The molecular weight excluding hydrogens is 792 g/mol. The van der Waals surface area contributed by atoms with Crippen LogP contribution in [0.5, 0.6) is 0 Å². The molecule has 2 aromatic carbocycles. The Morgan fingerprint density at radius 2 is 1.06 bits per heavy atom. The maximum absolute atomic E-state index is 10.7. The molecule has 1 aliphatic rings. The zero-order chi connectivity index (χ0) is 38.4. The monoisotopic (exact) mass is 846 g/mol. The Hall–Kier alpha value is -3.15. The summed E-state index contributed by atoms with van der Waals surface area (Å²) in [4.78, 5) is 9.05. The van der Waals surface area contributed by atoms with Crippen molar-refractivity contribution in [2.24, 2.45) is 0 Å². The first-order chi connectivity index (χ1) is 23.1. The van der Waals surface area contributed by atoms with Crippen molar-refractivity contribution in [3.8, 4) is 17.3 Å². The number of halogens is 3. The molecule has 4 aromatic rings. The first-order valence-corrected chi connectivity index (χ1v) is 18.1. The van der Waals surface area contributed by atoms with Gasteiger partial charge in [0.2, 0.25) is 0 Å². The molecule has 1 aliphatic carbocycles. The fourth-order valence-corrected chi connectivity index (χ4v) is 4.08. The van der Waals surface area contributed by atoms with Crippen molar-refractivity contribution in [3.05, 3.63) is 128 Å². The molecule has 2 heterocycles. The molecule has 1 fully saturated rings. The number of hydrogen-bond donors (Lipinski definition) is 0. The summed E-state index contributed by atoms with van der Waals surface area (Å²) in [5.41, 5.74) is -0.108. The number of hydrogen-bond acceptors (Lipinski definition) is 6. The largest absolute Gasteiger partial charge is 2.00 e. The molecule has 1 unspecified atom stereocenters. The normalized spacial score (nSPS) is 11.8. The van der Waals surface area contributed by atoms with Crippen LogP contribution in [0, 0.1) is 25.7 Å². The van der Waals surface area contributed by atoms with Crippen LogP contribution < -0.4 is 5.30 Å². The van der Waals surface area contributed by atoms with Crippen molar-refractivity contribution in [1.29, 1.82) is 5.26 Å². The third kappa shape index (κ3) is 24.9. The smallest absolute Gasteiger partial charge is 0.741 e. The Balaban J connectivity index is -0.000000589. The number of alkyl halides is 3. The van der Waals surface area contributed by atoms with Crippen LogP contribution in [0.3, 0.4) is 0 Å². The topological polar surface area (TPSA) is 107 Å². The fourth-order valence-electron chi connectivity index (χ4n) is 3.86. The molecule has 2 aromatic heterocycles. The van der Waals surface area contributed by atoms with E-state index in [-0.39, 0.29) is 37.7 Å². The van der Waals surface area contributed by atoms with Crippen LogP contribution in [0.2, 0.25) is 0 Å². The molecule has 52 heavy (non-hydrogen) atoms. The Labute approximate surface area is 326 Å². The Morgan fingerprint density at radius 3 is 1.35 bits per heavy atom. The first-order valence-electron chi connectivity index (χ1n) is 16.1. The molecule has 0 radical (unpaired) electrons. The molecule has 12 heteroatoms. The Kier molecular flexibility index (Phi) is 27.2. The molecule has 6 nitrogen and oxygen atoms in total. The molecule has 0 aliphatic heterocycles. The van der Waals surface area contributed by atoms with Gasteiger partial charge in [0.25, 0.3) is 0 Å². The van der Waals surface area contributed by atoms with E-state index in [2.05, 4.69) is 93.0 Å². The van der Waals surface area contributed by atoms with E-state index in [0.29, 0.717) is 0 Å². The molecule has 1 saturated carbocycles. The van der Waals surface area contributed by atoms with E-state index < -0.39 is 15.6 Å². The van der Waals surface area contributed by atoms with Gasteiger partial charge in [0.05, 0.1) is 11.8 Å². The minimum Gasteiger partial charge on any atom is -0.741 e. The van der Waals surface area contributed by atoms with Crippen molar-refractivity contribution < 1.29 is 45.6 Å². The van der Waals surface area contributed by atoms with Gasteiger partial charge in [-0.05, 0) is 17.4 Å². The summed E-state index contributed by atoms with van der Waals surface area (Å²) in [7, 11) is -3.46. The Morgan fingerprint density at radius 1 is 0.712 bits per heavy atom. The van der Waals surface area contributed by atoms with E-state index in [1.54, 1.807) is 6.07 Å². The van der Waals surface area contributed by atoms with Crippen molar-refractivity contribution in [3.63, 3.8) is 0 Å². The molecule has 0 amide bonds. The van der Waals surface area contributed by atoms with Crippen LogP contribution in [-0.4, -0.2) is 28.4 Å². The van der Waals surface area contributed by atoms with Gasteiger partial charge in [-0.15, -0.1) is 21.0 Å². The van der Waals surface area contributed by atoms with E-state index in [0.717, 1.165) is 22.8 Å². The average Bonchev–Trinajstić information content (AvgIpc) is 3.62. The zero-order valence-electron chi connectivity index (χ0n) is 31.5. The van der Waals surface area contributed by atoms with Gasteiger partial charge in [-0.25, -0.2) is 15.3 Å². The van der Waals surface area contributed by atoms with Gasteiger partial charge in [0.15, 0.2) is 10.1 Å². The molecule has 5 rings (SSSR count). The van der Waals surface area contributed by atoms with E-state index in [4.69, 9.17) is 23.2 Å². The molecule has 0 N–H and O–H groups in total. The predicted molar refractivity (Wildman–Crippen MR) is 208 cm³/mol. The van der Waals surface area contributed by atoms with Gasteiger partial charge in [-0.3, -0.25) is 9.97 Å². The summed E-state index contributed by atoms with van der Waals surface area (Å²) in [5, 5.41) is 8.56. The second-order valence-electron chi connectivity index (χ2n) is 13.1. The van der Waals surface area contributed by atoms with E-state index in [9.17, 15) is 13.2 Å². The first kappa shape index (κ1) is 53.2. The fraction of sp³-hybridized carbons (Fsp3) is 0.375. The minimum absolute atomic E-state index is 0. The van der Waals surface area contributed by atoms with Crippen molar-refractivity contribution in [1.82, 2.24) is 9.97 Å². The van der Waals surface area contributed by atoms with E-state index >= 15 is 0 Å². The van der Waals surface area contributed by atoms with Gasteiger partial charge in [-0.2, -0.15) is 24.5 Å². The summed E-state index contributed by atoms with van der Waals surface area (Å²) in [6.07, 6.45) is 7.50. The molecular formula is C40H54F3N3O3PRuS-. The molecule has 0 saturated heterocycles. The number of pyridine rings is 2. The predicted octanol–water partition coefficient (Wildman–Crippen LogP) is 10.8. The standard InChI is InChI=1S/C15H17N.C10H14N.C6H7P.C5H10.C2H3N.CHF3O3S.CH3.Ru/c1-15(2,3)14-11-7-10-13(16-14)12-8-5-4-6-9-12;1-8-6-5-7-9(11-8)10(2,3)4;7-6-4-2-1-3-5-6;1-2-4-5-3-1;1-2-3;2-1(3,4)8(5,6)7;;/h4-11H,1-3H3;5-7H,1H2,2-4H3;1-5H,7H2;1-5H2;1H3;(H,5,6,7);1H3;/q;-1;;;;;-1;+2/p-1. The van der Waals surface area contributed by atoms with E-state index in [1.165, 1.54) is 49.9 Å². The SMILES string of the molecule is C1CCCC1.CC#N.CC(C)(C)c1cccc(-c2ccccc2)n1.O=S(=O)([O-])C(F)(F)F.Pc1ccccc1.[CH2-]c1cccc(C(C)(C)C)n1.[CH3-].[Ru+2]. The summed E-state index contributed by atoms with van der Waals surface area (Å²) >= 11 is 0. The average molecular weight is 846 g/mol. The minimum atomic E-state index is -6.09. The number of nitrogens with zero attached hydrogens (tertiary/aromatic N) is 3. The van der Waals surface area contributed by atoms with E-state index in [1.807, 2.05) is 66.7 Å². The number of rotatable bonds is 1. The second kappa shape index (κ2) is 26.6. The zero-order valence-corrected chi connectivity index (χ0v) is 35.2. The number of benzene rings is 2. The molecule has 0 spiro atoms. The summed E-state index contributed by atoms with van der Waals surface area (Å²) in [6, 6.07) is 34.3. The Bertz CT molecular complexity index is 1650. The van der Waals surface area contributed by atoms with Gasteiger partial charge < -0.3 is 12.0 Å². The quantitative estimate of drug-likeness (QED) is 0.0621. The van der Waals surface area contributed by atoms with Crippen LogP contribution in [-0.2, 0) is 40.4 Å². The van der Waals surface area contributed by atoms with Crippen LogP contribution in [0.4, 0.5) is 13.2 Å². The summed E-state index contributed by atoms with van der Waals surface area (Å²) in [5.74, 6) is 0. The van der Waals surface area contributed by atoms with Crippen molar-refractivity contribution in [2.45, 2.75) is 96.9 Å². The third-order valence-electron chi connectivity index (χ3n) is 6.50. The van der Waals surface area contributed by atoms with Crippen molar-refractivity contribution in [2.75, 3.05) is 0 Å². The number of aromatic nitrogens is 2. The molecule has 0 bridgehead atoms. The third-order valence-corrected chi connectivity index (χ3v) is 7.45.